The van der Waals surface area contributed by atoms with Crippen LogP contribution in [0.25, 0.3) is 11.1 Å². The minimum Gasteiger partial charge on any atom is -0.480 e. The topological polar surface area (TPSA) is 119 Å². The smallest absolute Gasteiger partial charge is 0.419 e. The molecule has 1 atom stereocenters. The van der Waals surface area contributed by atoms with Gasteiger partial charge >= 0.3 is 18.2 Å². The van der Waals surface area contributed by atoms with E-state index in [9.17, 15) is 14.4 Å². The monoisotopic (exact) mass is 426 g/mol. The Bertz CT molecular complexity index is 952. The van der Waals surface area contributed by atoms with Crippen molar-refractivity contribution in [3.05, 3.63) is 59.7 Å². The number of imide groups is 1. The number of nitrogens with zero attached hydrogens (tertiary/aromatic N) is 1. The number of carbonyl (C=O) groups is 3. The first-order chi connectivity index (χ1) is 14.6. The van der Waals surface area contributed by atoms with Crippen molar-refractivity contribution < 1.29 is 29.0 Å². The summed E-state index contributed by atoms with van der Waals surface area (Å²) in [5.74, 6) is -1.55. The zero-order chi connectivity index (χ0) is 22.8. The summed E-state index contributed by atoms with van der Waals surface area (Å²) in [7, 11) is 0. The molecule has 2 aromatic carbocycles. The number of carboxylic acids is 1. The average molecular weight is 426 g/mol. The molecule has 0 aliphatic heterocycles. The fourth-order valence-electron chi connectivity index (χ4n) is 3.49. The maximum absolute atomic E-state index is 12.8. The van der Waals surface area contributed by atoms with Crippen molar-refractivity contribution in [2.24, 2.45) is 5.73 Å². The maximum Gasteiger partial charge on any atom is 0.419 e. The first-order valence-corrected chi connectivity index (χ1v) is 9.92. The first kappa shape index (κ1) is 22.3. The number of hydrogen-bond acceptors (Lipinski definition) is 6. The molecule has 3 N–H and O–H groups in total. The molecule has 8 heteroatoms. The number of carboxylic acid groups (broad SMARTS) is 1. The SMILES string of the molecule is CC(C)(C)OC(=O)N(C[C@H](N)C(=O)O)C(=O)OCC1c2ccccc2-c2ccccc21. The van der Waals surface area contributed by atoms with Gasteiger partial charge in [0.05, 0.1) is 6.54 Å². The summed E-state index contributed by atoms with van der Waals surface area (Å²) in [4.78, 5) is 37.0. The molecular formula is C23H26N2O6. The van der Waals surface area contributed by atoms with E-state index in [0.717, 1.165) is 22.3 Å². The molecule has 31 heavy (non-hydrogen) atoms. The second-order valence-corrected chi connectivity index (χ2v) is 8.34. The van der Waals surface area contributed by atoms with Gasteiger partial charge in [0.2, 0.25) is 0 Å². The Morgan fingerprint density at radius 1 is 1.00 bits per heavy atom. The van der Waals surface area contributed by atoms with Crippen molar-refractivity contribution in [1.82, 2.24) is 4.90 Å². The Balaban J connectivity index is 1.79. The van der Waals surface area contributed by atoms with Crippen molar-refractivity contribution in [3.8, 4) is 11.1 Å². The van der Waals surface area contributed by atoms with Crippen LogP contribution in [0.3, 0.4) is 0 Å². The molecule has 0 saturated heterocycles. The maximum atomic E-state index is 12.8. The Hall–Kier alpha value is -3.39. The number of carbonyl (C=O) groups excluding carboxylic acids is 2. The summed E-state index contributed by atoms with van der Waals surface area (Å²) in [5.41, 5.74) is 8.83. The molecule has 0 heterocycles. The molecule has 1 aliphatic carbocycles. The second kappa shape index (κ2) is 8.77. The number of benzene rings is 2. The van der Waals surface area contributed by atoms with Gasteiger partial charge in [-0.15, -0.1) is 0 Å². The van der Waals surface area contributed by atoms with Crippen LogP contribution >= 0.6 is 0 Å². The van der Waals surface area contributed by atoms with Crippen LogP contribution < -0.4 is 5.73 Å². The summed E-state index contributed by atoms with van der Waals surface area (Å²) >= 11 is 0. The highest BCUT2D eigenvalue weighted by molar-refractivity contribution is 5.89. The van der Waals surface area contributed by atoms with Gasteiger partial charge in [-0.3, -0.25) is 4.79 Å². The average Bonchev–Trinajstić information content (AvgIpc) is 3.02. The lowest BCUT2D eigenvalue weighted by Crippen LogP contribution is -2.49. The molecule has 0 unspecified atom stereocenters. The van der Waals surface area contributed by atoms with Gasteiger partial charge in [-0.2, -0.15) is 0 Å². The van der Waals surface area contributed by atoms with Crippen LogP contribution in [-0.2, 0) is 14.3 Å². The van der Waals surface area contributed by atoms with Crippen LogP contribution in [0.1, 0.15) is 37.8 Å². The number of nitrogens with two attached hydrogens (primary N) is 1. The van der Waals surface area contributed by atoms with E-state index >= 15 is 0 Å². The first-order valence-electron chi connectivity index (χ1n) is 9.92. The summed E-state index contributed by atoms with van der Waals surface area (Å²) in [5, 5.41) is 9.09. The molecule has 2 amide bonds. The van der Waals surface area contributed by atoms with Crippen LogP contribution in [0.15, 0.2) is 48.5 Å². The molecule has 0 saturated carbocycles. The molecule has 0 aromatic heterocycles. The minimum atomic E-state index is -1.46. The van der Waals surface area contributed by atoms with Crippen molar-refractivity contribution in [2.45, 2.75) is 38.3 Å². The molecule has 8 nitrogen and oxygen atoms in total. The van der Waals surface area contributed by atoms with Gasteiger partial charge in [-0.1, -0.05) is 48.5 Å². The molecule has 0 fully saturated rings. The van der Waals surface area contributed by atoms with E-state index < -0.39 is 36.3 Å². The lowest BCUT2D eigenvalue weighted by atomic mass is 9.98. The normalized spacial score (nSPS) is 13.7. The van der Waals surface area contributed by atoms with Crippen LogP contribution in [0.5, 0.6) is 0 Å². The zero-order valence-corrected chi connectivity index (χ0v) is 17.7. The molecular weight excluding hydrogens is 400 g/mol. The molecule has 164 valence electrons. The highest BCUT2D eigenvalue weighted by Gasteiger charge is 2.34. The molecule has 3 rings (SSSR count). The van der Waals surface area contributed by atoms with Gasteiger partial charge in [0.1, 0.15) is 18.2 Å². The highest BCUT2D eigenvalue weighted by atomic mass is 16.6. The largest absolute Gasteiger partial charge is 0.480 e. The van der Waals surface area contributed by atoms with Crippen LogP contribution in [0, 0.1) is 0 Å². The zero-order valence-electron chi connectivity index (χ0n) is 17.7. The standard InChI is InChI=1S/C23H26N2O6/c1-23(2,3)31-22(29)25(12-19(24)20(26)27)21(28)30-13-18-16-10-6-4-8-14(16)15-9-5-7-11-17(15)18/h4-11,18-19H,12-13,24H2,1-3H3,(H,26,27)/t19-/m0/s1. The second-order valence-electron chi connectivity index (χ2n) is 8.34. The number of hydrogen-bond donors (Lipinski definition) is 2. The number of fused-ring (bicyclic) bond motifs is 3. The summed E-state index contributed by atoms with van der Waals surface area (Å²) < 4.78 is 10.7. The third kappa shape index (κ3) is 5.03. The van der Waals surface area contributed by atoms with Gasteiger partial charge in [-0.25, -0.2) is 14.5 Å². The number of amides is 2. The fraction of sp³-hybridized carbons (Fsp3) is 0.348. The molecule has 0 radical (unpaired) electrons. The van der Waals surface area contributed by atoms with Crippen LogP contribution in [0.2, 0.25) is 0 Å². The van der Waals surface area contributed by atoms with E-state index in [0.29, 0.717) is 4.90 Å². The van der Waals surface area contributed by atoms with E-state index in [2.05, 4.69) is 0 Å². The van der Waals surface area contributed by atoms with Gasteiger partial charge in [-0.05, 0) is 43.0 Å². The number of rotatable bonds is 5. The number of aliphatic carboxylic acids is 1. The van der Waals surface area contributed by atoms with Crippen molar-refractivity contribution in [3.63, 3.8) is 0 Å². The predicted octanol–water partition coefficient (Wildman–Crippen LogP) is 3.58. The number of ether oxygens (including phenoxy) is 2. The molecule has 1 aliphatic rings. The van der Waals surface area contributed by atoms with Crippen molar-refractivity contribution in [1.29, 1.82) is 0 Å². The van der Waals surface area contributed by atoms with E-state index in [-0.39, 0.29) is 12.5 Å². The Morgan fingerprint density at radius 3 is 2.00 bits per heavy atom. The molecule has 0 spiro atoms. The predicted molar refractivity (Wildman–Crippen MR) is 114 cm³/mol. The lowest BCUT2D eigenvalue weighted by Gasteiger charge is -2.27. The fourth-order valence-corrected chi connectivity index (χ4v) is 3.49. The Morgan fingerprint density at radius 2 is 1.52 bits per heavy atom. The molecule has 2 aromatic rings. The van der Waals surface area contributed by atoms with E-state index in [1.807, 2.05) is 48.5 Å². The Kier molecular flexibility index (Phi) is 6.31. The van der Waals surface area contributed by atoms with Gasteiger partial charge in [0.25, 0.3) is 0 Å². The van der Waals surface area contributed by atoms with E-state index in [1.165, 1.54) is 0 Å². The lowest BCUT2D eigenvalue weighted by molar-refractivity contribution is -0.138. The van der Waals surface area contributed by atoms with Crippen molar-refractivity contribution >= 4 is 18.2 Å². The minimum absolute atomic E-state index is 0.0194. The third-order valence-corrected chi connectivity index (χ3v) is 4.87. The van der Waals surface area contributed by atoms with Gasteiger partial charge in [0, 0.05) is 5.92 Å². The van der Waals surface area contributed by atoms with Gasteiger partial charge < -0.3 is 20.3 Å². The Labute approximate surface area is 180 Å². The van der Waals surface area contributed by atoms with E-state index in [4.69, 9.17) is 20.3 Å². The molecule has 0 bridgehead atoms. The van der Waals surface area contributed by atoms with Crippen molar-refractivity contribution in [2.75, 3.05) is 13.2 Å². The highest BCUT2D eigenvalue weighted by Crippen LogP contribution is 2.44. The summed E-state index contributed by atoms with van der Waals surface area (Å²) in [6.07, 6.45) is -2.02. The quantitative estimate of drug-likeness (QED) is 0.750. The van der Waals surface area contributed by atoms with Gasteiger partial charge in [0.15, 0.2) is 0 Å². The summed E-state index contributed by atoms with van der Waals surface area (Å²) in [6.45, 7) is 4.32. The van der Waals surface area contributed by atoms with Crippen LogP contribution in [0.4, 0.5) is 9.59 Å². The third-order valence-electron chi connectivity index (χ3n) is 4.87. The van der Waals surface area contributed by atoms with Crippen LogP contribution in [-0.4, -0.2) is 53.0 Å². The van der Waals surface area contributed by atoms with E-state index in [1.54, 1.807) is 20.8 Å². The summed E-state index contributed by atoms with van der Waals surface area (Å²) in [6, 6.07) is 14.2.